The Morgan fingerprint density at radius 2 is 2.20 bits per heavy atom. The van der Waals surface area contributed by atoms with Crippen LogP contribution in [-0.2, 0) is 6.54 Å². The predicted molar refractivity (Wildman–Crippen MR) is 74.7 cm³/mol. The first-order chi connectivity index (χ1) is 9.60. The fraction of sp³-hybridized carbons (Fsp3) is 0.0714. The van der Waals surface area contributed by atoms with E-state index in [2.05, 4.69) is 16.4 Å². The van der Waals surface area contributed by atoms with Gasteiger partial charge in [-0.25, -0.2) is 9.78 Å². The second-order valence-electron chi connectivity index (χ2n) is 4.01. The van der Waals surface area contributed by atoms with Gasteiger partial charge in [-0.3, -0.25) is 0 Å². The first-order valence-corrected chi connectivity index (χ1v) is 6.09. The van der Waals surface area contributed by atoms with Crippen LogP contribution in [0.4, 0.5) is 5.69 Å². The van der Waals surface area contributed by atoms with Crippen molar-refractivity contribution in [3.05, 3.63) is 58.4 Å². The number of anilines is 1. The number of carboxylic acid groups (broad SMARTS) is 1. The Morgan fingerprint density at radius 1 is 1.40 bits per heavy atom. The highest BCUT2D eigenvalue weighted by atomic mass is 35.5. The van der Waals surface area contributed by atoms with Gasteiger partial charge in [-0.15, -0.1) is 0 Å². The summed E-state index contributed by atoms with van der Waals surface area (Å²) in [5.41, 5.74) is 1.92. The van der Waals surface area contributed by atoms with Crippen LogP contribution in [0.1, 0.15) is 21.6 Å². The van der Waals surface area contributed by atoms with Gasteiger partial charge < -0.3 is 10.4 Å². The van der Waals surface area contributed by atoms with Gasteiger partial charge in [0, 0.05) is 17.8 Å². The van der Waals surface area contributed by atoms with E-state index in [-0.39, 0.29) is 5.69 Å². The van der Waals surface area contributed by atoms with Crippen molar-refractivity contribution in [1.29, 1.82) is 5.26 Å². The van der Waals surface area contributed by atoms with Gasteiger partial charge in [-0.2, -0.15) is 5.26 Å². The van der Waals surface area contributed by atoms with E-state index in [0.29, 0.717) is 22.8 Å². The summed E-state index contributed by atoms with van der Waals surface area (Å²) >= 11 is 5.88. The smallest absolute Gasteiger partial charge is 0.354 e. The minimum Gasteiger partial charge on any atom is -0.477 e. The molecule has 0 bridgehead atoms. The van der Waals surface area contributed by atoms with Gasteiger partial charge in [-0.05, 0) is 29.8 Å². The van der Waals surface area contributed by atoms with E-state index in [0.717, 1.165) is 5.56 Å². The predicted octanol–water partition coefficient (Wildman–Crippen LogP) is 2.92. The van der Waals surface area contributed by atoms with E-state index >= 15 is 0 Å². The summed E-state index contributed by atoms with van der Waals surface area (Å²) < 4.78 is 0. The summed E-state index contributed by atoms with van der Waals surface area (Å²) in [5.74, 6) is -1.06. The zero-order chi connectivity index (χ0) is 14.5. The molecule has 100 valence electrons. The molecule has 20 heavy (non-hydrogen) atoms. The van der Waals surface area contributed by atoms with Gasteiger partial charge >= 0.3 is 5.97 Å². The zero-order valence-corrected chi connectivity index (χ0v) is 11.1. The van der Waals surface area contributed by atoms with Crippen LogP contribution >= 0.6 is 11.6 Å². The molecule has 1 aromatic carbocycles. The first-order valence-electron chi connectivity index (χ1n) is 5.72. The van der Waals surface area contributed by atoms with E-state index in [1.165, 1.54) is 12.3 Å². The number of hydrogen-bond acceptors (Lipinski definition) is 4. The number of aromatic nitrogens is 1. The second kappa shape index (κ2) is 6.04. The molecule has 6 heteroatoms. The van der Waals surface area contributed by atoms with Crippen molar-refractivity contribution in [3.63, 3.8) is 0 Å². The lowest BCUT2D eigenvalue weighted by Gasteiger charge is -2.08. The van der Waals surface area contributed by atoms with Crippen LogP contribution in [0, 0.1) is 11.3 Å². The summed E-state index contributed by atoms with van der Waals surface area (Å²) in [6.45, 7) is 0.419. The van der Waals surface area contributed by atoms with E-state index in [4.69, 9.17) is 22.0 Å². The largest absolute Gasteiger partial charge is 0.477 e. The molecule has 0 saturated heterocycles. The van der Waals surface area contributed by atoms with Crippen molar-refractivity contribution in [2.75, 3.05) is 5.32 Å². The monoisotopic (exact) mass is 287 g/mol. The third-order valence-corrected chi connectivity index (χ3v) is 2.86. The van der Waals surface area contributed by atoms with Crippen LogP contribution in [0.5, 0.6) is 0 Å². The van der Waals surface area contributed by atoms with E-state index < -0.39 is 5.97 Å². The summed E-state index contributed by atoms with van der Waals surface area (Å²) in [6.07, 6.45) is 1.48. The normalized spacial score (nSPS) is 9.80. The fourth-order valence-electron chi connectivity index (χ4n) is 1.61. The second-order valence-corrected chi connectivity index (χ2v) is 4.45. The quantitative estimate of drug-likeness (QED) is 0.903. The highest BCUT2D eigenvalue weighted by Crippen LogP contribution is 2.21. The zero-order valence-electron chi connectivity index (χ0n) is 10.3. The standard InChI is InChI=1S/C14H10ClN3O2/c15-11-3-2-10(6-16)13(5-11)18-8-9-1-4-12(14(19)20)17-7-9/h1-5,7,18H,8H2,(H,19,20). The first kappa shape index (κ1) is 13.8. The molecular weight excluding hydrogens is 278 g/mol. The Hall–Kier alpha value is -2.58. The third-order valence-electron chi connectivity index (χ3n) is 2.63. The van der Waals surface area contributed by atoms with Crippen LogP contribution in [0.3, 0.4) is 0 Å². The lowest BCUT2D eigenvalue weighted by atomic mass is 10.2. The van der Waals surface area contributed by atoms with E-state index in [1.54, 1.807) is 24.3 Å². The minimum atomic E-state index is -1.06. The topological polar surface area (TPSA) is 86.0 Å². The molecule has 2 N–H and O–H groups in total. The fourth-order valence-corrected chi connectivity index (χ4v) is 1.79. The molecule has 1 heterocycles. The maximum Gasteiger partial charge on any atom is 0.354 e. The number of nitrogens with one attached hydrogen (secondary N) is 1. The van der Waals surface area contributed by atoms with Crippen LogP contribution in [0.2, 0.25) is 5.02 Å². The molecule has 0 aliphatic heterocycles. The van der Waals surface area contributed by atoms with Crippen molar-refractivity contribution < 1.29 is 9.90 Å². The van der Waals surface area contributed by atoms with Crippen molar-refractivity contribution in [2.45, 2.75) is 6.54 Å². The summed E-state index contributed by atoms with van der Waals surface area (Å²) in [7, 11) is 0. The molecular formula is C14H10ClN3O2. The number of hydrogen-bond donors (Lipinski definition) is 2. The number of benzene rings is 1. The maximum absolute atomic E-state index is 10.7. The molecule has 0 spiro atoms. The molecule has 5 nitrogen and oxygen atoms in total. The van der Waals surface area contributed by atoms with Crippen molar-refractivity contribution in [1.82, 2.24) is 4.98 Å². The van der Waals surface area contributed by atoms with Crippen LogP contribution < -0.4 is 5.32 Å². The Labute approximate surface area is 120 Å². The average molecular weight is 288 g/mol. The number of carboxylic acids is 1. The van der Waals surface area contributed by atoms with Crippen LogP contribution in [0.15, 0.2) is 36.5 Å². The number of nitriles is 1. The SMILES string of the molecule is N#Cc1ccc(Cl)cc1NCc1ccc(C(=O)O)nc1. The van der Waals surface area contributed by atoms with Gasteiger partial charge in [0.05, 0.1) is 11.3 Å². The molecule has 0 amide bonds. The van der Waals surface area contributed by atoms with Crippen molar-refractivity contribution in [3.8, 4) is 6.07 Å². The molecule has 0 radical (unpaired) electrons. The van der Waals surface area contributed by atoms with Crippen molar-refractivity contribution >= 4 is 23.3 Å². The molecule has 2 aromatic rings. The number of pyridine rings is 1. The van der Waals surface area contributed by atoms with Gasteiger partial charge in [0.25, 0.3) is 0 Å². The summed E-state index contributed by atoms with van der Waals surface area (Å²) in [4.78, 5) is 14.5. The number of halogens is 1. The van der Waals surface area contributed by atoms with Crippen molar-refractivity contribution in [2.24, 2.45) is 0 Å². The molecule has 2 rings (SSSR count). The molecule has 0 aliphatic carbocycles. The molecule has 0 atom stereocenters. The number of aromatic carboxylic acids is 1. The highest BCUT2D eigenvalue weighted by Gasteiger charge is 2.05. The number of nitrogens with zero attached hydrogens (tertiary/aromatic N) is 2. The molecule has 0 fully saturated rings. The molecule has 0 unspecified atom stereocenters. The van der Waals surface area contributed by atoms with Gasteiger partial charge in [0.2, 0.25) is 0 Å². The lowest BCUT2D eigenvalue weighted by molar-refractivity contribution is 0.0690. The van der Waals surface area contributed by atoms with E-state index in [1.807, 2.05) is 0 Å². The van der Waals surface area contributed by atoms with Crippen LogP contribution in [0.25, 0.3) is 0 Å². The third kappa shape index (κ3) is 3.25. The number of rotatable bonds is 4. The van der Waals surface area contributed by atoms with Gasteiger partial charge in [-0.1, -0.05) is 17.7 Å². The maximum atomic E-state index is 10.7. The lowest BCUT2D eigenvalue weighted by Crippen LogP contribution is -2.04. The molecule has 0 aliphatic rings. The van der Waals surface area contributed by atoms with Gasteiger partial charge in [0.1, 0.15) is 11.8 Å². The minimum absolute atomic E-state index is 0.00535. The number of carbonyl (C=O) groups is 1. The summed E-state index contributed by atoms with van der Waals surface area (Å²) in [5, 5.41) is 21.4. The Balaban J connectivity index is 2.11. The Bertz CT molecular complexity index is 678. The Morgan fingerprint density at radius 3 is 2.80 bits per heavy atom. The average Bonchev–Trinajstić information content (AvgIpc) is 2.45. The van der Waals surface area contributed by atoms with E-state index in [9.17, 15) is 4.79 Å². The molecule has 0 saturated carbocycles. The Kier molecular flexibility index (Phi) is 4.18. The molecule has 1 aromatic heterocycles. The highest BCUT2D eigenvalue weighted by molar-refractivity contribution is 6.30. The summed E-state index contributed by atoms with van der Waals surface area (Å²) in [6, 6.07) is 10.1. The van der Waals surface area contributed by atoms with Gasteiger partial charge in [0.15, 0.2) is 0 Å². The van der Waals surface area contributed by atoms with Crippen LogP contribution in [-0.4, -0.2) is 16.1 Å².